The third-order valence-electron chi connectivity index (χ3n) is 6.17. The second kappa shape index (κ2) is 3.58. The number of Topliss-reactive ketones (excluding diaryl/α,β-unsaturated/α-hetero) is 1. The van der Waals surface area contributed by atoms with E-state index in [0.29, 0.717) is 11.7 Å². The van der Waals surface area contributed by atoms with Gasteiger partial charge in [0.1, 0.15) is 5.78 Å². The minimum absolute atomic E-state index is 0.0300. The molecule has 3 nitrogen and oxygen atoms in total. The Kier molecular flexibility index (Phi) is 2.43. The molecule has 0 N–H and O–H groups in total. The van der Waals surface area contributed by atoms with Crippen molar-refractivity contribution in [3.63, 3.8) is 0 Å². The zero-order valence-electron chi connectivity index (χ0n) is 11.5. The summed E-state index contributed by atoms with van der Waals surface area (Å²) in [5.41, 5.74) is -0.236. The molecule has 0 aliphatic heterocycles. The number of ether oxygens (including phenoxy) is 1. The van der Waals surface area contributed by atoms with Crippen molar-refractivity contribution in [1.29, 1.82) is 0 Å². The van der Waals surface area contributed by atoms with Crippen molar-refractivity contribution in [2.24, 2.45) is 28.6 Å². The Hall–Kier alpha value is -0.860. The van der Waals surface area contributed by atoms with Crippen LogP contribution in [0.5, 0.6) is 0 Å². The van der Waals surface area contributed by atoms with Gasteiger partial charge in [0.15, 0.2) is 0 Å². The van der Waals surface area contributed by atoms with Crippen molar-refractivity contribution in [3.05, 3.63) is 0 Å². The van der Waals surface area contributed by atoms with Gasteiger partial charge in [0.05, 0.1) is 13.0 Å². The molecule has 3 aliphatic carbocycles. The van der Waals surface area contributed by atoms with Gasteiger partial charge in [-0.2, -0.15) is 0 Å². The first kappa shape index (κ1) is 12.2. The molecule has 0 saturated heterocycles. The predicted octanol–water partition coefficient (Wildman–Crippen LogP) is 2.58. The minimum atomic E-state index is -0.185. The van der Waals surface area contributed by atoms with Gasteiger partial charge in [-0.05, 0) is 43.4 Å². The van der Waals surface area contributed by atoms with E-state index in [4.69, 9.17) is 4.74 Å². The number of hydrogen-bond donors (Lipinski definition) is 0. The molecule has 3 aliphatic rings. The smallest absolute Gasteiger partial charge is 0.309 e. The summed E-state index contributed by atoms with van der Waals surface area (Å²) in [6.07, 6.45) is 4.91. The molecule has 3 saturated carbocycles. The molecule has 0 aromatic carbocycles. The highest BCUT2D eigenvalue weighted by Gasteiger charge is 2.66. The van der Waals surface area contributed by atoms with Crippen LogP contribution >= 0.6 is 0 Å². The fraction of sp³-hybridized carbons (Fsp3) is 0.867. The van der Waals surface area contributed by atoms with Gasteiger partial charge in [0, 0.05) is 11.3 Å². The Bertz CT molecular complexity index is 412. The summed E-state index contributed by atoms with van der Waals surface area (Å²) in [6, 6.07) is 0. The number of fused-ring (bicyclic) bond motifs is 1. The normalized spacial score (nSPS) is 44.8. The maximum Gasteiger partial charge on any atom is 0.309 e. The van der Waals surface area contributed by atoms with Gasteiger partial charge in [-0.25, -0.2) is 0 Å². The predicted molar refractivity (Wildman–Crippen MR) is 66.8 cm³/mol. The molecule has 3 fully saturated rings. The van der Waals surface area contributed by atoms with E-state index in [1.807, 2.05) is 0 Å². The largest absolute Gasteiger partial charge is 0.469 e. The first-order chi connectivity index (χ1) is 8.43. The first-order valence-electron chi connectivity index (χ1n) is 7.05. The van der Waals surface area contributed by atoms with Crippen molar-refractivity contribution >= 4 is 11.8 Å². The van der Waals surface area contributed by atoms with E-state index in [0.717, 1.165) is 32.1 Å². The third kappa shape index (κ3) is 1.25. The quantitative estimate of drug-likeness (QED) is 0.672. The second-order valence-corrected chi connectivity index (χ2v) is 6.96. The summed E-state index contributed by atoms with van der Waals surface area (Å²) in [6.45, 7) is 4.20. The Labute approximate surface area is 108 Å². The van der Waals surface area contributed by atoms with E-state index in [1.54, 1.807) is 0 Å². The molecule has 3 heteroatoms. The number of ketones is 1. The summed E-state index contributed by atoms with van der Waals surface area (Å²) in [5.74, 6) is 0.854. The van der Waals surface area contributed by atoms with Crippen molar-refractivity contribution in [2.45, 2.75) is 46.0 Å². The lowest BCUT2D eigenvalue weighted by Crippen LogP contribution is -2.48. The Morgan fingerprint density at radius 2 is 2.00 bits per heavy atom. The number of carbonyl (C=O) groups is 2. The van der Waals surface area contributed by atoms with Crippen LogP contribution in [0.25, 0.3) is 0 Å². The molecule has 1 spiro atoms. The monoisotopic (exact) mass is 250 g/mol. The number of methoxy groups -OCH3 is 1. The van der Waals surface area contributed by atoms with Crippen LogP contribution in [-0.4, -0.2) is 18.9 Å². The summed E-state index contributed by atoms with van der Waals surface area (Å²) in [4.78, 5) is 24.7. The van der Waals surface area contributed by atoms with Gasteiger partial charge < -0.3 is 4.74 Å². The molecular weight excluding hydrogens is 228 g/mol. The lowest BCUT2D eigenvalue weighted by Gasteiger charge is -2.45. The molecule has 0 radical (unpaired) electrons. The van der Waals surface area contributed by atoms with Crippen molar-refractivity contribution in [2.75, 3.05) is 7.11 Å². The highest BCUT2D eigenvalue weighted by Crippen LogP contribution is 2.67. The molecule has 0 aromatic rings. The van der Waals surface area contributed by atoms with Crippen LogP contribution in [-0.2, 0) is 14.3 Å². The third-order valence-corrected chi connectivity index (χ3v) is 6.17. The first-order valence-corrected chi connectivity index (χ1v) is 7.05. The molecule has 4 unspecified atom stereocenters. The summed E-state index contributed by atoms with van der Waals surface area (Å²) >= 11 is 0. The molecule has 3 rings (SSSR count). The van der Waals surface area contributed by atoms with Crippen LogP contribution in [0.1, 0.15) is 46.0 Å². The molecule has 0 aromatic heterocycles. The molecule has 2 bridgehead atoms. The molecule has 0 heterocycles. The average molecular weight is 250 g/mol. The SMILES string of the molecule is COC(=O)C1CCC2C(=O)C(C)(C)C3CCC12C3. The second-order valence-electron chi connectivity index (χ2n) is 6.96. The maximum absolute atomic E-state index is 12.7. The van der Waals surface area contributed by atoms with E-state index in [9.17, 15) is 9.59 Å². The van der Waals surface area contributed by atoms with Crippen LogP contribution < -0.4 is 0 Å². The molecule has 0 amide bonds. The van der Waals surface area contributed by atoms with E-state index in [1.165, 1.54) is 7.11 Å². The van der Waals surface area contributed by atoms with Crippen LogP contribution in [0.3, 0.4) is 0 Å². The molecule has 18 heavy (non-hydrogen) atoms. The molecule has 4 atom stereocenters. The van der Waals surface area contributed by atoms with E-state index in [-0.39, 0.29) is 28.6 Å². The van der Waals surface area contributed by atoms with Gasteiger partial charge in [0.2, 0.25) is 0 Å². The van der Waals surface area contributed by atoms with Gasteiger partial charge in [-0.3, -0.25) is 9.59 Å². The summed E-state index contributed by atoms with van der Waals surface area (Å²) in [5, 5.41) is 0. The highest BCUT2D eigenvalue weighted by atomic mass is 16.5. The lowest BCUT2D eigenvalue weighted by atomic mass is 9.57. The number of hydrogen-bond acceptors (Lipinski definition) is 3. The Morgan fingerprint density at radius 3 is 2.67 bits per heavy atom. The van der Waals surface area contributed by atoms with Gasteiger partial charge >= 0.3 is 5.97 Å². The van der Waals surface area contributed by atoms with Gasteiger partial charge in [-0.15, -0.1) is 0 Å². The fourth-order valence-electron chi connectivity index (χ4n) is 5.04. The van der Waals surface area contributed by atoms with Gasteiger partial charge in [0.25, 0.3) is 0 Å². The average Bonchev–Trinajstić information content (AvgIpc) is 2.92. The zero-order chi connectivity index (χ0) is 13.1. The van der Waals surface area contributed by atoms with Crippen LogP contribution in [0.4, 0.5) is 0 Å². The highest BCUT2D eigenvalue weighted by molar-refractivity contribution is 5.90. The van der Waals surface area contributed by atoms with Gasteiger partial charge in [-0.1, -0.05) is 13.8 Å². The number of esters is 1. The fourth-order valence-corrected chi connectivity index (χ4v) is 5.04. The number of carbonyl (C=O) groups excluding carboxylic acids is 2. The zero-order valence-corrected chi connectivity index (χ0v) is 11.5. The Morgan fingerprint density at radius 1 is 1.28 bits per heavy atom. The molecule has 100 valence electrons. The van der Waals surface area contributed by atoms with Crippen LogP contribution in [0.15, 0.2) is 0 Å². The summed E-state index contributed by atoms with van der Waals surface area (Å²) < 4.78 is 4.97. The van der Waals surface area contributed by atoms with E-state index in [2.05, 4.69) is 13.8 Å². The van der Waals surface area contributed by atoms with E-state index < -0.39 is 0 Å². The van der Waals surface area contributed by atoms with Crippen LogP contribution in [0, 0.1) is 28.6 Å². The Balaban J connectivity index is 2.00. The molecular formula is C15H22O3. The number of rotatable bonds is 1. The standard InChI is InChI=1S/C15H22O3/c1-14(2)9-6-7-15(8-9)10(12(14)16)4-5-11(15)13(17)18-3/h9-11H,4-8H2,1-3H3. The van der Waals surface area contributed by atoms with Crippen LogP contribution in [0.2, 0.25) is 0 Å². The summed E-state index contributed by atoms with van der Waals surface area (Å²) in [7, 11) is 1.47. The maximum atomic E-state index is 12.7. The topological polar surface area (TPSA) is 43.4 Å². The van der Waals surface area contributed by atoms with Crippen molar-refractivity contribution in [1.82, 2.24) is 0 Å². The lowest BCUT2D eigenvalue weighted by molar-refractivity contribution is -0.154. The van der Waals surface area contributed by atoms with Crippen molar-refractivity contribution in [3.8, 4) is 0 Å². The minimum Gasteiger partial charge on any atom is -0.469 e. The van der Waals surface area contributed by atoms with E-state index >= 15 is 0 Å². The van der Waals surface area contributed by atoms with Crippen molar-refractivity contribution < 1.29 is 14.3 Å².